The fraction of sp³-hybridized carbons (Fsp3) is 0.583. The number of methoxy groups -OCH3 is 1. The molecule has 0 aromatic carbocycles. The van der Waals surface area contributed by atoms with Crippen molar-refractivity contribution < 1.29 is 9.84 Å². The van der Waals surface area contributed by atoms with Crippen LogP contribution in [0.2, 0.25) is 0 Å². The number of nitrogens with zero attached hydrogens (tertiary/aromatic N) is 2. The molecule has 0 spiro atoms. The molecular weight excluding hydrogens is 218 g/mol. The minimum atomic E-state index is -0.459. The van der Waals surface area contributed by atoms with E-state index < -0.39 is 6.10 Å². The normalized spacial score (nSPS) is 12.8. The van der Waals surface area contributed by atoms with E-state index in [1.54, 1.807) is 13.3 Å². The Labute approximate surface area is 102 Å². The highest BCUT2D eigenvalue weighted by molar-refractivity contribution is 5.42. The average molecular weight is 239 g/mol. The Hall–Kier alpha value is -1.17. The summed E-state index contributed by atoms with van der Waals surface area (Å²) in [6, 6.07) is 3.94. The van der Waals surface area contributed by atoms with Gasteiger partial charge in [-0.15, -0.1) is 0 Å². The molecule has 1 heterocycles. The van der Waals surface area contributed by atoms with Gasteiger partial charge in [0.25, 0.3) is 0 Å². The van der Waals surface area contributed by atoms with E-state index in [1.807, 2.05) is 31.1 Å². The minimum absolute atomic E-state index is 0.357. The van der Waals surface area contributed by atoms with Crippen molar-refractivity contribution in [2.24, 2.45) is 0 Å². The minimum Gasteiger partial charge on any atom is -0.389 e. The van der Waals surface area contributed by atoms with Gasteiger partial charge < -0.3 is 15.2 Å². The molecule has 96 valence electrons. The molecule has 5 heteroatoms. The highest BCUT2D eigenvalue weighted by Gasteiger charge is 2.10. The molecule has 1 aromatic rings. The van der Waals surface area contributed by atoms with Gasteiger partial charge in [-0.05, 0) is 13.1 Å². The number of aromatic nitrogens is 1. The predicted octanol–water partition coefficient (Wildman–Crippen LogP) is 0.562. The fourth-order valence-electron chi connectivity index (χ4n) is 1.75. The zero-order chi connectivity index (χ0) is 12.7. The molecule has 1 rings (SSSR count). The summed E-state index contributed by atoms with van der Waals surface area (Å²) in [5.74, 6) is 0.876. The number of rotatable bonds is 7. The lowest BCUT2D eigenvalue weighted by atomic mass is 10.2. The van der Waals surface area contributed by atoms with Gasteiger partial charge in [0.15, 0.2) is 0 Å². The van der Waals surface area contributed by atoms with Gasteiger partial charge in [-0.2, -0.15) is 0 Å². The van der Waals surface area contributed by atoms with Crippen LogP contribution in [-0.4, -0.2) is 55.5 Å². The molecule has 0 saturated carbocycles. The summed E-state index contributed by atoms with van der Waals surface area (Å²) < 4.78 is 4.90. The summed E-state index contributed by atoms with van der Waals surface area (Å²) in [5, 5.41) is 12.7. The monoisotopic (exact) mass is 239 g/mol. The molecular formula is C12H21N3O2. The smallest absolute Gasteiger partial charge is 0.130 e. The van der Waals surface area contributed by atoms with Crippen LogP contribution in [0.4, 0.5) is 5.82 Å². The van der Waals surface area contributed by atoms with E-state index in [9.17, 15) is 5.11 Å². The average Bonchev–Trinajstić information content (AvgIpc) is 2.29. The Morgan fingerprint density at radius 3 is 3.00 bits per heavy atom. The summed E-state index contributed by atoms with van der Waals surface area (Å²) in [6.45, 7) is 1.67. The van der Waals surface area contributed by atoms with Crippen LogP contribution >= 0.6 is 0 Å². The van der Waals surface area contributed by atoms with Crippen molar-refractivity contribution in [2.45, 2.75) is 12.6 Å². The van der Waals surface area contributed by atoms with Crippen LogP contribution in [0.5, 0.6) is 0 Å². The Balaban J connectivity index is 2.52. The van der Waals surface area contributed by atoms with E-state index in [1.165, 1.54) is 0 Å². The molecule has 0 radical (unpaired) electrons. The summed E-state index contributed by atoms with van der Waals surface area (Å²) in [5.41, 5.74) is 1.11. The van der Waals surface area contributed by atoms with Crippen molar-refractivity contribution in [2.75, 3.05) is 39.7 Å². The summed E-state index contributed by atoms with van der Waals surface area (Å²) in [7, 11) is 5.40. The predicted molar refractivity (Wildman–Crippen MR) is 68.0 cm³/mol. The largest absolute Gasteiger partial charge is 0.389 e. The lowest BCUT2D eigenvalue weighted by Gasteiger charge is -2.21. The number of hydrogen-bond donors (Lipinski definition) is 2. The molecule has 1 aromatic heterocycles. The van der Waals surface area contributed by atoms with Crippen LogP contribution in [0, 0.1) is 0 Å². The van der Waals surface area contributed by atoms with Crippen LogP contribution in [-0.2, 0) is 11.3 Å². The third-order valence-corrected chi connectivity index (χ3v) is 2.45. The summed E-state index contributed by atoms with van der Waals surface area (Å²) in [6.07, 6.45) is 1.30. The number of ether oxygens (including phenoxy) is 1. The summed E-state index contributed by atoms with van der Waals surface area (Å²) >= 11 is 0. The topological polar surface area (TPSA) is 57.6 Å². The van der Waals surface area contributed by atoms with Crippen molar-refractivity contribution in [3.63, 3.8) is 0 Å². The first-order valence-electron chi connectivity index (χ1n) is 5.64. The first-order chi connectivity index (χ1) is 8.17. The third kappa shape index (κ3) is 4.68. The van der Waals surface area contributed by atoms with Gasteiger partial charge in [0.1, 0.15) is 5.82 Å². The lowest BCUT2D eigenvalue weighted by Crippen LogP contribution is -2.31. The quantitative estimate of drug-likeness (QED) is 0.728. The highest BCUT2D eigenvalue weighted by Crippen LogP contribution is 2.12. The second kappa shape index (κ2) is 7.21. The molecule has 5 nitrogen and oxygen atoms in total. The van der Waals surface area contributed by atoms with Crippen molar-refractivity contribution in [1.82, 2.24) is 9.88 Å². The van der Waals surface area contributed by atoms with Crippen LogP contribution in [0.15, 0.2) is 18.3 Å². The van der Waals surface area contributed by atoms with Gasteiger partial charge in [0, 0.05) is 39.0 Å². The zero-order valence-electron chi connectivity index (χ0n) is 10.7. The van der Waals surface area contributed by atoms with Gasteiger partial charge in [0.05, 0.1) is 12.7 Å². The second-order valence-electron chi connectivity index (χ2n) is 4.07. The Morgan fingerprint density at radius 2 is 2.35 bits per heavy atom. The Bertz CT molecular complexity index is 333. The molecule has 0 amide bonds. The summed E-state index contributed by atoms with van der Waals surface area (Å²) in [4.78, 5) is 6.28. The van der Waals surface area contributed by atoms with Crippen LogP contribution in [0.25, 0.3) is 0 Å². The van der Waals surface area contributed by atoms with Crippen LogP contribution in [0.3, 0.4) is 0 Å². The molecule has 1 atom stereocenters. The Morgan fingerprint density at radius 1 is 1.59 bits per heavy atom. The van der Waals surface area contributed by atoms with Crippen molar-refractivity contribution >= 4 is 5.82 Å². The first kappa shape index (κ1) is 13.9. The van der Waals surface area contributed by atoms with Crippen molar-refractivity contribution in [3.8, 4) is 0 Å². The first-order valence-corrected chi connectivity index (χ1v) is 5.64. The Kier molecular flexibility index (Phi) is 5.90. The number of anilines is 1. The van der Waals surface area contributed by atoms with Gasteiger partial charge >= 0.3 is 0 Å². The van der Waals surface area contributed by atoms with E-state index >= 15 is 0 Å². The van der Waals surface area contributed by atoms with Gasteiger partial charge in [-0.3, -0.25) is 4.90 Å². The number of pyridine rings is 1. The second-order valence-corrected chi connectivity index (χ2v) is 4.07. The van der Waals surface area contributed by atoms with E-state index in [-0.39, 0.29) is 0 Å². The van der Waals surface area contributed by atoms with Gasteiger partial charge in [-0.25, -0.2) is 4.98 Å². The van der Waals surface area contributed by atoms with Gasteiger partial charge in [-0.1, -0.05) is 6.07 Å². The molecule has 0 aliphatic carbocycles. The number of hydrogen-bond acceptors (Lipinski definition) is 5. The molecule has 0 aliphatic heterocycles. The molecule has 0 aliphatic rings. The molecule has 17 heavy (non-hydrogen) atoms. The van der Waals surface area contributed by atoms with Crippen LogP contribution < -0.4 is 5.32 Å². The van der Waals surface area contributed by atoms with E-state index in [0.29, 0.717) is 13.2 Å². The standard InChI is InChI=1S/C12H21N3O2/c1-13-12-10(5-4-6-14-12)7-15(2)8-11(16)9-17-3/h4-6,11,16H,7-9H2,1-3H3,(H,13,14). The zero-order valence-corrected chi connectivity index (χ0v) is 10.7. The van der Waals surface area contributed by atoms with E-state index in [0.717, 1.165) is 17.9 Å². The number of aliphatic hydroxyl groups excluding tert-OH is 1. The van der Waals surface area contributed by atoms with Crippen LogP contribution in [0.1, 0.15) is 5.56 Å². The maximum absolute atomic E-state index is 9.63. The van der Waals surface area contributed by atoms with E-state index in [4.69, 9.17) is 4.74 Å². The van der Waals surface area contributed by atoms with Gasteiger partial charge in [0.2, 0.25) is 0 Å². The van der Waals surface area contributed by atoms with E-state index in [2.05, 4.69) is 10.3 Å². The van der Waals surface area contributed by atoms with Crippen molar-refractivity contribution in [3.05, 3.63) is 23.9 Å². The lowest BCUT2D eigenvalue weighted by molar-refractivity contribution is 0.0419. The highest BCUT2D eigenvalue weighted by atomic mass is 16.5. The number of nitrogens with one attached hydrogen (secondary N) is 1. The molecule has 0 saturated heterocycles. The molecule has 0 fully saturated rings. The maximum Gasteiger partial charge on any atom is 0.130 e. The fourth-order valence-corrected chi connectivity index (χ4v) is 1.75. The molecule has 2 N–H and O–H groups in total. The SMILES string of the molecule is CNc1ncccc1CN(C)CC(O)COC. The van der Waals surface area contributed by atoms with Crippen molar-refractivity contribution in [1.29, 1.82) is 0 Å². The third-order valence-electron chi connectivity index (χ3n) is 2.45. The maximum atomic E-state index is 9.63. The molecule has 1 unspecified atom stereocenters. The molecule has 0 bridgehead atoms. The number of aliphatic hydroxyl groups is 1. The number of likely N-dealkylation sites (N-methyl/N-ethyl adjacent to an activating group) is 1.